The van der Waals surface area contributed by atoms with E-state index >= 15 is 0 Å². The third-order valence-corrected chi connectivity index (χ3v) is 4.22. The Morgan fingerprint density at radius 1 is 1.15 bits per heavy atom. The molecule has 2 aromatic carbocycles. The maximum Gasteiger partial charge on any atom is 0.283 e. The second kappa shape index (κ2) is 8.03. The van der Waals surface area contributed by atoms with Gasteiger partial charge in [0.15, 0.2) is 5.69 Å². The summed E-state index contributed by atoms with van der Waals surface area (Å²) in [6.45, 7) is 6.86. The van der Waals surface area contributed by atoms with Gasteiger partial charge in [-0.05, 0) is 31.0 Å². The Kier molecular flexibility index (Phi) is 5.54. The molecule has 0 atom stereocenters. The van der Waals surface area contributed by atoms with Gasteiger partial charge in [-0.2, -0.15) is 0 Å². The fourth-order valence-corrected chi connectivity index (χ4v) is 2.91. The van der Waals surface area contributed by atoms with Crippen molar-refractivity contribution in [3.05, 3.63) is 54.1 Å². The zero-order chi connectivity index (χ0) is 19.4. The average molecular weight is 364 g/mol. The molecule has 0 saturated heterocycles. The summed E-state index contributed by atoms with van der Waals surface area (Å²) < 4.78 is 1.81. The number of anilines is 1. The Balaban J connectivity index is 1.78. The van der Waals surface area contributed by atoms with Crippen molar-refractivity contribution in [2.45, 2.75) is 27.3 Å². The number of aromatic nitrogens is 1. The number of azo groups is 1. The van der Waals surface area contributed by atoms with Crippen molar-refractivity contribution in [2.24, 2.45) is 16.1 Å². The topological polar surface area (TPSA) is 79.0 Å². The Morgan fingerprint density at radius 3 is 2.56 bits per heavy atom. The molecule has 3 aromatic rings. The second-order valence-corrected chi connectivity index (χ2v) is 7.01. The van der Waals surface area contributed by atoms with Crippen LogP contribution in [0.5, 0.6) is 5.88 Å². The van der Waals surface area contributed by atoms with Crippen LogP contribution in [-0.4, -0.2) is 22.1 Å². The number of carbonyl (C=O) groups excluding carboxylic acids is 1. The highest BCUT2D eigenvalue weighted by atomic mass is 16.3. The summed E-state index contributed by atoms with van der Waals surface area (Å²) in [7, 11) is 0. The molecule has 3 rings (SSSR count). The fraction of sp³-hybridized carbons (Fsp3) is 0.286. The van der Waals surface area contributed by atoms with Crippen molar-refractivity contribution in [2.75, 3.05) is 11.9 Å². The Hall–Kier alpha value is -3.15. The number of hydrogen-bond donors (Lipinski definition) is 2. The Bertz CT molecular complexity index is 972. The van der Waals surface area contributed by atoms with Crippen LogP contribution in [-0.2, 0) is 11.3 Å². The number of amides is 1. The number of nitrogens with one attached hydrogen (secondary N) is 1. The van der Waals surface area contributed by atoms with Crippen LogP contribution in [0.2, 0.25) is 0 Å². The van der Waals surface area contributed by atoms with Gasteiger partial charge < -0.3 is 15.0 Å². The van der Waals surface area contributed by atoms with E-state index in [1.54, 1.807) is 0 Å². The minimum absolute atomic E-state index is 0.0351. The molecular weight excluding hydrogens is 340 g/mol. The standard InChI is InChI=1S/C21H24N4O2/c1-14(2)13-25-18-7-5-4-6-17(18)20(21(25)27)24-23-19(26)12-22-16-10-8-15(3)9-11-16/h4-11,14,22,27H,12-13H2,1-3H3. The lowest BCUT2D eigenvalue weighted by atomic mass is 10.2. The van der Waals surface area contributed by atoms with Crippen molar-refractivity contribution < 1.29 is 9.90 Å². The molecule has 1 heterocycles. The average Bonchev–Trinajstić information content (AvgIpc) is 2.91. The third kappa shape index (κ3) is 4.34. The van der Waals surface area contributed by atoms with Gasteiger partial charge in [-0.25, -0.2) is 0 Å². The number of aryl methyl sites for hydroxylation is 1. The largest absolute Gasteiger partial charge is 0.493 e. The summed E-state index contributed by atoms with van der Waals surface area (Å²) in [6.07, 6.45) is 0. The first-order valence-corrected chi connectivity index (χ1v) is 9.01. The first kappa shape index (κ1) is 18.6. The molecule has 0 saturated carbocycles. The van der Waals surface area contributed by atoms with Crippen molar-refractivity contribution >= 4 is 28.2 Å². The minimum Gasteiger partial charge on any atom is -0.493 e. The third-order valence-electron chi connectivity index (χ3n) is 4.22. The van der Waals surface area contributed by atoms with Crippen molar-refractivity contribution in [1.29, 1.82) is 0 Å². The number of fused-ring (bicyclic) bond motifs is 1. The van der Waals surface area contributed by atoms with E-state index in [0.29, 0.717) is 18.2 Å². The zero-order valence-corrected chi connectivity index (χ0v) is 15.8. The monoisotopic (exact) mass is 364 g/mol. The predicted molar refractivity (Wildman–Crippen MR) is 108 cm³/mol. The van der Waals surface area contributed by atoms with Crippen molar-refractivity contribution in [3.63, 3.8) is 0 Å². The Morgan fingerprint density at radius 2 is 1.85 bits per heavy atom. The van der Waals surface area contributed by atoms with Crippen LogP contribution in [0.3, 0.4) is 0 Å². The molecule has 1 amide bonds. The molecular formula is C21H24N4O2. The van der Waals surface area contributed by atoms with E-state index < -0.39 is 5.91 Å². The molecule has 6 heteroatoms. The van der Waals surface area contributed by atoms with E-state index in [-0.39, 0.29) is 12.4 Å². The van der Waals surface area contributed by atoms with Crippen LogP contribution in [0, 0.1) is 12.8 Å². The molecule has 2 N–H and O–H groups in total. The highest BCUT2D eigenvalue weighted by Crippen LogP contribution is 2.39. The lowest BCUT2D eigenvalue weighted by molar-refractivity contribution is -0.116. The quantitative estimate of drug-likeness (QED) is 0.602. The van der Waals surface area contributed by atoms with Gasteiger partial charge >= 0.3 is 0 Å². The molecule has 0 aliphatic heterocycles. The van der Waals surface area contributed by atoms with Crippen LogP contribution in [0.4, 0.5) is 11.4 Å². The highest BCUT2D eigenvalue weighted by molar-refractivity contribution is 5.95. The molecule has 1 aromatic heterocycles. The first-order valence-electron chi connectivity index (χ1n) is 9.01. The summed E-state index contributed by atoms with van der Waals surface area (Å²) in [4.78, 5) is 12.1. The molecule has 0 fully saturated rings. The van der Waals surface area contributed by atoms with E-state index in [9.17, 15) is 9.90 Å². The molecule has 0 spiro atoms. The molecule has 0 aliphatic carbocycles. The van der Waals surface area contributed by atoms with E-state index in [2.05, 4.69) is 29.4 Å². The van der Waals surface area contributed by atoms with E-state index in [1.165, 1.54) is 0 Å². The van der Waals surface area contributed by atoms with E-state index in [0.717, 1.165) is 22.2 Å². The molecule has 27 heavy (non-hydrogen) atoms. The van der Waals surface area contributed by atoms with E-state index in [1.807, 2.05) is 60.0 Å². The van der Waals surface area contributed by atoms with Gasteiger partial charge in [-0.3, -0.25) is 4.79 Å². The van der Waals surface area contributed by atoms with Gasteiger partial charge in [0.05, 0.1) is 12.1 Å². The van der Waals surface area contributed by atoms with Gasteiger partial charge in [0.1, 0.15) is 0 Å². The smallest absolute Gasteiger partial charge is 0.283 e. The molecule has 0 aliphatic rings. The summed E-state index contributed by atoms with van der Waals surface area (Å²) in [6, 6.07) is 15.3. The first-order chi connectivity index (χ1) is 13.0. The summed E-state index contributed by atoms with van der Waals surface area (Å²) in [5, 5.41) is 22.2. The van der Waals surface area contributed by atoms with Crippen LogP contribution < -0.4 is 5.32 Å². The number of benzene rings is 2. The molecule has 0 bridgehead atoms. The fourth-order valence-electron chi connectivity index (χ4n) is 2.91. The number of hydrogen-bond acceptors (Lipinski definition) is 4. The van der Waals surface area contributed by atoms with Crippen molar-refractivity contribution in [1.82, 2.24) is 4.57 Å². The lowest BCUT2D eigenvalue weighted by Gasteiger charge is -2.09. The predicted octanol–water partition coefficient (Wildman–Crippen LogP) is 5.03. The van der Waals surface area contributed by atoms with Crippen molar-refractivity contribution in [3.8, 4) is 5.88 Å². The zero-order valence-electron chi connectivity index (χ0n) is 15.8. The molecule has 140 valence electrons. The molecule has 0 radical (unpaired) electrons. The summed E-state index contributed by atoms with van der Waals surface area (Å²) in [5.74, 6) is -0.0135. The van der Waals surface area contributed by atoms with Gasteiger partial charge in [0.2, 0.25) is 5.88 Å². The lowest BCUT2D eigenvalue weighted by Crippen LogP contribution is -2.10. The SMILES string of the molecule is Cc1ccc(NCC(=O)N=Nc2c(O)n(CC(C)C)c3ccccc23)cc1. The number of carbonyl (C=O) groups is 1. The van der Waals surface area contributed by atoms with Crippen LogP contribution in [0.25, 0.3) is 10.9 Å². The Labute approximate surface area is 158 Å². The highest BCUT2D eigenvalue weighted by Gasteiger charge is 2.17. The summed E-state index contributed by atoms with van der Waals surface area (Å²) >= 11 is 0. The molecule has 6 nitrogen and oxygen atoms in total. The molecule has 0 unspecified atom stereocenters. The number of nitrogens with zero attached hydrogens (tertiary/aromatic N) is 3. The maximum absolute atomic E-state index is 12.1. The maximum atomic E-state index is 12.1. The second-order valence-electron chi connectivity index (χ2n) is 7.01. The normalized spacial score (nSPS) is 11.6. The van der Waals surface area contributed by atoms with Crippen LogP contribution >= 0.6 is 0 Å². The van der Waals surface area contributed by atoms with Crippen LogP contribution in [0.1, 0.15) is 19.4 Å². The van der Waals surface area contributed by atoms with Crippen LogP contribution in [0.15, 0.2) is 58.8 Å². The number of para-hydroxylation sites is 1. The number of aromatic hydroxyl groups is 1. The summed E-state index contributed by atoms with van der Waals surface area (Å²) in [5.41, 5.74) is 3.21. The van der Waals surface area contributed by atoms with Gasteiger partial charge in [-0.15, -0.1) is 10.2 Å². The van der Waals surface area contributed by atoms with E-state index in [4.69, 9.17) is 0 Å². The van der Waals surface area contributed by atoms with Gasteiger partial charge in [-0.1, -0.05) is 49.7 Å². The van der Waals surface area contributed by atoms with Gasteiger partial charge in [0.25, 0.3) is 5.91 Å². The minimum atomic E-state index is -0.407. The number of rotatable bonds is 6. The van der Waals surface area contributed by atoms with Gasteiger partial charge in [0, 0.05) is 17.6 Å².